The second-order valence-electron chi connectivity index (χ2n) is 3.73. The summed E-state index contributed by atoms with van der Waals surface area (Å²) in [5.74, 6) is 0.865. The molecule has 0 aliphatic heterocycles. The highest BCUT2D eigenvalue weighted by atomic mass is 79.9. The van der Waals surface area contributed by atoms with Gasteiger partial charge in [-0.05, 0) is 36.1 Å². The fourth-order valence-electron chi connectivity index (χ4n) is 1.52. The molecule has 0 fully saturated rings. The summed E-state index contributed by atoms with van der Waals surface area (Å²) < 4.78 is 1.12. The minimum atomic E-state index is 0.191. The summed E-state index contributed by atoms with van der Waals surface area (Å²) in [6.07, 6.45) is 6.25. The quantitative estimate of drug-likeness (QED) is 0.733. The molecule has 1 aromatic carbocycles. The minimum Gasteiger partial charge on any atom is -0.288 e. The topological polar surface area (TPSA) is 17.1 Å². The minimum absolute atomic E-state index is 0.191. The number of aryl methyl sites for hydroxylation is 1. The number of hydrogen-bond donors (Lipinski definition) is 0. The van der Waals surface area contributed by atoms with Crippen LogP contribution in [0.3, 0.4) is 0 Å². The smallest absolute Gasteiger partial charge is 0.185 e. The van der Waals surface area contributed by atoms with Crippen LogP contribution in [0, 0.1) is 0 Å². The molecule has 3 heteroatoms. The first kappa shape index (κ1) is 14.5. The Hall–Kier alpha value is -0.540. The molecule has 0 radical (unpaired) electrons. The van der Waals surface area contributed by atoms with Gasteiger partial charge in [0.2, 0.25) is 0 Å². The predicted molar refractivity (Wildman–Crippen MR) is 80.3 cm³/mol. The van der Waals surface area contributed by atoms with Crippen LogP contribution >= 0.6 is 27.7 Å². The number of carbonyl (C=O) groups excluding carboxylic acids is 1. The number of carbonyl (C=O) groups is 1. The van der Waals surface area contributed by atoms with Gasteiger partial charge in [-0.15, -0.1) is 0 Å². The molecule has 0 aliphatic rings. The summed E-state index contributed by atoms with van der Waals surface area (Å²) in [5.41, 5.74) is 2.61. The first-order chi connectivity index (χ1) is 8.13. The van der Waals surface area contributed by atoms with Gasteiger partial charge >= 0.3 is 0 Å². The van der Waals surface area contributed by atoms with E-state index in [0.717, 1.165) is 23.1 Å². The van der Waals surface area contributed by atoms with Crippen molar-refractivity contribution >= 4 is 38.9 Å². The molecule has 0 N–H and O–H groups in total. The molecule has 1 rings (SSSR count). The van der Waals surface area contributed by atoms with E-state index in [4.69, 9.17) is 0 Å². The average Bonchev–Trinajstić information content (AvgIpc) is 2.29. The van der Waals surface area contributed by atoms with Crippen LogP contribution in [0.5, 0.6) is 0 Å². The molecular weight excluding hydrogens is 296 g/mol. The molecule has 0 atom stereocenters. The van der Waals surface area contributed by atoms with Gasteiger partial charge in [0.15, 0.2) is 5.12 Å². The van der Waals surface area contributed by atoms with Crippen molar-refractivity contribution in [3.8, 4) is 0 Å². The van der Waals surface area contributed by atoms with Crippen LogP contribution in [0.2, 0.25) is 0 Å². The molecule has 1 aromatic rings. The van der Waals surface area contributed by atoms with Crippen LogP contribution in [0.4, 0.5) is 0 Å². The van der Waals surface area contributed by atoms with E-state index in [0.29, 0.717) is 0 Å². The van der Waals surface area contributed by atoms with E-state index in [1.807, 2.05) is 0 Å². The monoisotopic (exact) mass is 312 g/mol. The van der Waals surface area contributed by atoms with E-state index in [2.05, 4.69) is 53.2 Å². The zero-order valence-electron chi connectivity index (χ0n) is 10.2. The fourth-order valence-corrected chi connectivity index (χ4v) is 2.47. The van der Waals surface area contributed by atoms with Crippen molar-refractivity contribution in [1.82, 2.24) is 0 Å². The lowest BCUT2D eigenvalue weighted by Gasteiger charge is -2.03. The molecule has 0 saturated heterocycles. The Labute approximate surface area is 116 Å². The highest BCUT2D eigenvalue weighted by molar-refractivity contribution is 9.10. The van der Waals surface area contributed by atoms with E-state index < -0.39 is 0 Å². The standard InChI is InChI=1S/C14H17BrOS/c1-3-12-10-14(15)8-7-13(12)6-4-5-9-17-11(2)16/h4,6-8,10H,3,5,9H2,1-2H3. The van der Waals surface area contributed by atoms with Gasteiger partial charge in [-0.3, -0.25) is 4.79 Å². The maximum absolute atomic E-state index is 10.7. The Bertz CT molecular complexity index is 413. The number of hydrogen-bond acceptors (Lipinski definition) is 2. The van der Waals surface area contributed by atoms with Gasteiger partial charge in [0.25, 0.3) is 0 Å². The normalized spacial score (nSPS) is 11.0. The van der Waals surface area contributed by atoms with Crippen LogP contribution in [-0.2, 0) is 11.2 Å². The van der Waals surface area contributed by atoms with E-state index in [-0.39, 0.29) is 5.12 Å². The average molecular weight is 313 g/mol. The lowest BCUT2D eigenvalue weighted by atomic mass is 10.0. The molecule has 0 spiro atoms. The van der Waals surface area contributed by atoms with Gasteiger partial charge in [-0.1, -0.05) is 52.8 Å². The summed E-state index contributed by atoms with van der Waals surface area (Å²) >= 11 is 4.86. The first-order valence-electron chi connectivity index (χ1n) is 5.71. The first-order valence-corrected chi connectivity index (χ1v) is 7.49. The summed E-state index contributed by atoms with van der Waals surface area (Å²) in [5, 5.41) is 0.191. The Morgan fingerprint density at radius 3 is 2.88 bits per heavy atom. The summed E-state index contributed by atoms with van der Waals surface area (Å²) in [6.45, 7) is 3.77. The van der Waals surface area contributed by atoms with E-state index in [1.54, 1.807) is 6.92 Å². The molecule has 0 heterocycles. The molecule has 0 saturated carbocycles. The molecule has 0 aromatic heterocycles. The van der Waals surface area contributed by atoms with Crippen LogP contribution in [0.1, 0.15) is 31.4 Å². The molecule has 92 valence electrons. The number of halogens is 1. The number of rotatable bonds is 5. The largest absolute Gasteiger partial charge is 0.288 e. The molecule has 0 unspecified atom stereocenters. The van der Waals surface area contributed by atoms with Gasteiger partial charge in [0, 0.05) is 17.1 Å². The van der Waals surface area contributed by atoms with Crippen molar-refractivity contribution in [2.24, 2.45) is 0 Å². The molecule has 17 heavy (non-hydrogen) atoms. The Morgan fingerprint density at radius 1 is 1.47 bits per heavy atom. The molecule has 0 amide bonds. The zero-order chi connectivity index (χ0) is 12.7. The summed E-state index contributed by atoms with van der Waals surface area (Å²) in [4.78, 5) is 10.7. The van der Waals surface area contributed by atoms with Crippen LogP contribution in [-0.4, -0.2) is 10.9 Å². The van der Waals surface area contributed by atoms with Crippen molar-refractivity contribution in [2.75, 3.05) is 5.75 Å². The molecule has 1 nitrogen and oxygen atoms in total. The SMILES string of the molecule is CCc1cc(Br)ccc1C=CCCSC(C)=O. The second kappa shape index (κ2) is 7.72. The van der Waals surface area contributed by atoms with E-state index >= 15 is 0 Å². The number of allylic oxidation sites excluding steroid dienone is 1. The number of benzene rings is 1. The second-order valence-corrected chi connectivity index (χ2v) is 5.92. The molecule has 0 aliphatic carbocycles. The third-order valence-electron chi connectivity index (χ3n) is 2.37. The van der Waals surface area contributed by atoms with Crippen molar-refractivity contribution in [2.45, 2.75) is 26.7 Å². The van der Waals surface area contributed by atoms with Gasteiger partial charge in [0.1, 0.15) is 0 Å². The third-order valence-corrected chi connectivity index (χ3v) is 3.71. The van der Waals surface area contributed by atoms with E-state index in [9.17, 15) is 4.79 Å². The highest BCUT2D eigenvalue weighted by Crippen LogP contribution is 2.18. The fraction of sp³-hybridized carbons (Fsp3) is 0.357. The van der Waals surface area contributed by atoms with E-state index in [1.165, 1.54) is 22.9 Å². The third kappa shape index (κ3) is 5.55. The van der Waals surface area contributed by atoms with Crippen LogP contribution in [0.25, 0.3) is 6.08 Å². The molecular formula is C14H17BrOS. The van der Waals surface area contributed by atoms with Crippen LogP contribution in [0.15, 0.2) is 28.7 Å². The van der Waals surface area contributed by atoms with Gasteiger partial charge < -0.3 is 0 Å². The summed E-state index contributed by atoms with van der Waals surface area (Å²) in [6, 6.07) is 6.34. The van der Waals surface area contributed by atoms with Gasteiger partial charge in [-0.25, -0.2) is 0 Å². The van der Waals surface area contributed by atoms with Crippen molar-refractivity contribution in [1.29, 1.82) is 0 Å². The van der Waals surface area contributed by atoms with Crippen LogP contribution < -0.4 is 0 Å². The van der Waals surface area contributed by atoms with Crippen molar-refractivity contribution in [3.05, 3.63) is 39.9 Å². The summed E-state index contributed by atoms with van der Waals surface area (Å²) in [7, 11) is 0. The predicted octanol–water partition coefficient (Wildman–Crippen LogP) is 4.69. The van der Waals surface area contributed by atoms with Gasteiger partial charge in [-0.2, -0.15) is 0 Å². The van der Waals surface area contributed by atoms with Crippen molar-refractivity contribution < 1.29 is 4.79 Å². The Morgan fingerprint density at radius 2 is 2.24 bits per heavy atom. The maximum Gasteiger partial charge on any atom is 0.185 e. The molecule has 0 bridgehead atoms. The van der Waals surface area contributed by atoms with Crippen molar-refractivity contribution in [3.63, 3.8) is 0 Å². The Balaban J connectivity index is 2.55. The maximum atomic E-state index is 10.7. The Kier molecular flexibility index (Phi) is 6.60. The van der Waals surface area contributed by atoms with Gasteiger partial charge in [0.05, 0.1) is 0 Å². The number of thioether (sulfide) groups is 1. The zero-order valence-corrected chi connectivity index (χ0v) is 12.6. The lowest BCUT2D eigenvalue weighted by molar-refractivity contribution is -0.109. The lowest BCUT2D eigenvalue weighted by Crippen LogP contribution is -1.87. The highest BCUT2D eigenvalue weighted by Gasteiger charge is 1.98.